The van der Waals surface area contributed by atoms with Crippen molar-refractivity contribution in [1.82, 2.24) is 5.32 Å². The smallest absolute Gasteiger partial charge is 0.311 e. The molecule has 0 aliphatic carbocycles. The molecular formula is C18H15N3O4S. The van der Waals surface area contributed by atoms with E-state index in [4.69, 9.17) is 12.2 Å². The maximum Gasteiger partial charge on any atom is 0.311 e. The number of thiocarbonyl (C=S) groups is 1. The summed E-state index contributed by atoms with van der Waals surface area (Å²) in [5.41, 5.74) is 2.83. The van der Waals surface area contributed by atoms with Crippen LogP contribution in [0.25, 0.3) is 6.08 Å². The Morgan fingerprint density at radius 3 is 2.62 bits per heavy atom. The lowest BCUT2D eigenvalue weighted by atomic mass is 10.1. The molecule has 0 unspecified atom stereocenters. The zero-order valence-corrected chi connectivity index (χ0v) is 14.8. The fourth-order valence-electron chi connectivity index (χ4n) is 2.75. The monoisotopic (exact) mass is 369 g/mol. The SMILES string of the molecule is Cc1ccc(N2C(=O)/C(=C\c3ccc(O)c([N+](=O)[O-])c3)NC2=S)c(C)c1. The van der Waals surface area contributed by atoms with Crippen molar-refractivity contribution in [2.75, 3.05) is 4.90 Å². The first kappa shape index (κ1) is 17.6. The number of hydrogen-bond donors (Lipinski definition) is 2. The maximum atomic E-state index is 12.8. The molecule has 132 valence electrons. The fraction of sp³-hybridized carbons (Fsp3) is 0.111. The van der Waals surface area contributed by atoms with Crippen molar-refractivity contribution >= 4 is 40.7 Å². The number of phenolic OH excluding ortho intramolecular Hbond substituents is 1. The van der Waals surface area contributed by atoms with E-state index in [0.717, 1.165) is 11.1 Å². The molecule has 2 aromatic carbocycles. The molecule has 0 spiro atoms. The number of aryl methyl sites for hydroxylation is 2. The molecule has 0 bridgehead atoms. The van der Waals surface area contributed by atoms with Crippen LogP contribution in [0.2, 0.25) is 0 Å². The molecule has 2 aromatic rings. The van der Waals surface area contributed by atoms with Crippen LogP contribution in [0.4, 0.5) is 11.4 Å². The van der Waals surface area contributed by atoms with Crippen molar-refractivity contribution in [1.29, 1.82) is 0 Å². The molecule has 0 aromatic heterocycles. The molecule has 0 radical (unpaired) electrons. The van der Waals surface area contributed by atoms with E-state index in [9.17, 15) is 20.0 Å². The maximum absolute atomic E-state index is 12.8. The van der Waals surface area contributed by atoms with Gasteiger partial charge in [0.05, 0.1) is 10.6 Å². The van der Waals surface area contributed by atoms with E-state index >= 15 is 0 Å². The molecule has 3 rings (SSSR count). The van der Waals surface area contributed by atoms with Gasteiger partial charge in [-0.25, -0.2) is 0 Å². The average Bonchev–Trinajstić information content (AvgIpc) is 2.83. The first-order chi connectivity index (χ1) is 12.3. The number of aromatic hydroxyl groups is 1. The van der Waals surface area contributed by atoms with Crippen molar-refractivity contribution < 1.29 is 14.8 Å². The van der Waals surface area contributed by atoms with Crippen LogP contribution in [0.1, 0.15) is 16.7 Å². The van der Waals surface area contributed by atoms with E-state index in [1.807, 2.05) is 32.0 Å². The highest BCUT2D eigenvalue weighted by Crippen LogP contribution is 2.29. The molecular weight excluding hydrogens is 354 g/mol. The second kappa shape index (κ2) is 6.57. The van der Waals surface area contributed by atoms with Crippen LogP contribution in [-0.4, -0.2) is 21.0 Å². The van der Waals surface area contributed by atoms with Gasteiger partial charge in [0.15, 0.2) is 10.9 Å². The standard InChI is InChI=1S/C18H15N3O4S/c1-10-3-5-14(11(2)7-10)20-17(23)13(19-18(20)26)8-12-4-6-16(22)15(9-12)21(24)25/h3-9,22H,1-2H3,(H,19,26)/b13-8+. The first-order valence-corrected chi connectivity index (χ1v) is 8.10. The van der Waals surface area contributed by atoms with Gasteiger partial charge in [-0.3, -0.25) is 19.8 Å². The van der Waals surface area contributed by atoms with Crippen LogP contribution < -0.4 is 10.2 Å². The third-order valence-electron chi connectivity index (χ3n) is 3.98. The molecule has 1 heterocycles. The fourth-order valence-corrected chi connectivity index (χ4v) is 3.04. The lowest BCUT2D eigenvalue weighted by Crippen LogP contribution is -2.30. The number of benzene rings is 2. The molecule has 1 fully saturated rings. The van der Waals surface area contributed by atoms with Gasteiger partial charge in [-0.05, 0) is 55.4 Å². The molecule has 1 aliphatic rings. The van der Waals surface area contributed by atoms with Gasteiger partial charge in [0.25, 0.3) is 5.91 Å². The van der Waals surface area contributed by atoms with Crippen molar-refractivity contribution in [3.63, 3.8) is 0 Å². The highest BCUT2D eigenvalue weighted by atomic mass is 32.1. The Hall–Kier alpha value is -3.26. The normalized spacial score (nSPS) is 15.5. The number of nitro benzene ring substituents is 1. The molecule has 2 N–H and O–H groups in total. The lowest BCUT2D eigenvalue weighted by molar-refractivity contribution is -0.385. The minimum atomic E-state index is -0.687. The number of nitrogens with one attached hydrogen (secondary N) is 1. The Labute approximate surface area is 154 Å². The molecule has 7 nitrogen and oxygen atoms in total. The van der Waals surface area contributed by atoms with E-state index < -0.39 is 16.4 Å². The van der Waals surface area contributed by atoms with Crippen molar-refractivity contribution in [2.24, 2.45) is 0 Å². The Kier molecular flexibility index (Phi) is 4.43. The van der Waals surface area contributed by atoms with E-state index in [-0.39, 0.29) is 16.7 Å². The van der Waals surface area contributed by atoms with Gasteiger partial charge in [0.2, 0.25) is 0 Å². The molecule has 1 aliphatic heterocycles. The van der Waals surface area contributed by atoms with Gasteiger partial charge in [-0.2, -0.15) is 0 Å². The number of nitrogens with zero attached hydrogens (tertiary/aromatic N) is 2. The van der Waals surface area contributed by atoms with Crippen LogP contribution in [0.3, 0.4) is 0 Å². The van der Waals surface area contributed by atoms with E-state index in [1.54, 1.807) is 0 Å². The van der Waals surface area contributed by atoms with Crippen molar-refractivity contribution in [3.8, 4) is 5.75 Å². The minimum Gasteiger partial charge on any atom is -0.502 e. The number of phenols is 1. The molecule has 0 saturated carbocycles. The highest BCUT2D eigenvalue weighted by molar-refractivity contribution is 7.80. The summed E-state index contributed by atoms with van der Waals surface area (Å²) < 4.78 is 0. The van der Waals surface area contributed by atoms with Crippen LogP contribution in [0.5, 0.6) is 5.75 Å². The molecule has 0 atom stereocenters. The zero-order valence-electron chi connectivity index (χ0n) is 14.0. The van der Waals surface area contributed by atoms with Gasteiger partial charge >= 0.3 is 5.69 Å². The predicted molar refractivity (Wildman–Crippen MR) is 102 cm³/mol. The van der Waals surface area contributed by atoms with E-state index in [0.29, 0.717) is 11.3 Å². The minimum absolute atomic E-state index is 0.204. The van der Waals surface area contributed by atoms with Crippen LogP contribution in [-0.2, 0) is 4.79 Å². The number of amides is 1. The largest absolute Gasteiger partial charge is 0.502 e. The van der Waals surface area contributed by atoms with Crippen molar-refractivity contribution in [3.05, 3.63) is 68.9 Å². The van der Waals surface area contributed by atoms with E-state index in [2.05, 4.69) is 5.32 Å². The Balaban J connectivity index is 1.97. The Bertz CT molecular complexity index is 984. The van der Waals surface area contributed by atoms with Gasteiger partial charge in [0, 0.05) is 6.07 Å². The number of hydrogen-bond acceptors (Lipinski definition) is 5. The number of carbonyl (C=O) groups excluding carboxylic acids is 1. The van der Waals surface area contributed by atoms with Crippen LogP contribution in [0, 0.1) is 24.0 Å². The van der Waals surface area contributed by atoms with Gasteiger partial charge in [-0.15, -0.1) is 0 Å². The first-order valence-electron chi connectivity index (χ1n) is 7.69. The van der Waals surface area contributed by atoms with Crippen molar-refractivity contribution in [2.45, 2.75) is 13.8 Å². The van der Waals surface area contributed by atoms with Gasteiger partial charge < -0.3 is 10.4 Å². The predicted octanol–water partition coefficient (Wildman–Crippen LogP) is 3.18. The third kappa shape index (κ3) is 3.14. The highest BCUT2D eigenvalue weighted by Gasteiger charge is 2.32. The molecule has 8 heteroatoms. The topological polar surface area (TPSA) is 95.7 Å². The summed E-state index contributed by atoms with van der Waals surface area (Å²) in [7, 11) is 0. The van der Waals surface area contributed by atoms with Crippen LogP contribution in [0.15, 0.2) is 42.1 Å². The second-order valence-electron chi connectivity index (χ2n) is 5.92. The Morgan fingerprint density at radius 2 is 1.96 bits per heavy atom. The summed E-state index contributed by atoms with van der Waals surface area (Å²) in [6.07, 6.45) is 1.46. The summed E-state index contributed by atoms with van der Waals surface area (Å²) in [4.78, 5) is 24.4. The lowest BCUT2D eigenvalue weighted by Gasteiger charge is -2.17. The third-order valence-corrected chi connectivity index (χ3v) is 4.26. The van der Waals surface area contributed by atoms with E-state index in [1.165, 1.54) is 29.2 Å². The Morgan fingerprint density at radius 1 is 1.23 bits per heavy atom. The second-order valence-corrected chi connectivity index (χ2v) is 6.31. The summed E-state index contributed by atoms with van der Waals surface area (Å²) in [5.74, 6) is -0.784. The quantitative estimate of drug-likeness (QED) is 0.373. The number of anilines is 1. The summed E-state index contributed by atoms with van der Waals surface area (Å²) in [6, 6.07) is 9.56. The van der Waals surface area contributed by atoms with Gasteiger partial charge in [-0.1, -0.05) is 23.8 Å². The van der Waals surface area contributed by atoms with Crippen LogP contribution >= 0.6 is 12.2 Å². The zero-order chi connectivity index (χ0) is 19.0. The average molecular weight is 369 g/mol. The number of carbonyl (C=O) groups is 1. The van der Waals surface area contributed by atoms with Gasteiger partial charge in [0.1, 0.15) is 5.70 Å². The number of rotatable bonds is 3. The number of nitro groups is 1. The summed E-state index contributed by atoms with van der Waals surface area (Å²) in [6.45, 7) is 3.85. The molecule has 1 saturated heterocycles. The summed E-state index contributed by atoms with van der Waals surface area (Å²) >= 11 is 5.28. The molecule has 1 amide bonds. The summed E-state index contributed by atoms with van der Waals surface area (Å²) in [5, 5.41) is 23.6. The molecule has 26 heavy (non-hydrogen) atoms.